The molecule has 0 aromatic heterocycles. The van der Waals surface area contributed by atoms with Crippen molar-refractivity contribution >= 4 is 27.0 Å². The van der Waals surface area contributed by atoms with E-state index in [9.17, 15) is 8.76 Å². The molecule has 0 saturated heterocycles. The second kappa shape index (κ2) is 4.35. The highest BCUT2D eigenvalue weighted by Gasteiger charge is 2.03. The van der Waals surface area contributed by atoms with Crippen LogP contribution < -0.4 is 0 Å². The van der Waals surface area contributed by atoms with Crippen LogP contribution in [0.25, 0.3) is 0 Å². The lowest BCUT2D eigenvalue weighted by atomic mass is 10.1. The van der Waals surface area contributed by atoms with E-state index in [2.05, 4.69) is 15.9 Å². The summed E-state index contributed by atoms with van der Waals surface area (Å²) in [5.41, 5.74) is 3.01. The summed E-state index contributed by atoms with van der Waals surface area (Å²) in [4.78, 5) is 0. The van der Waals surface area contributed by atoms with Gasteiger partial charge in [0.1, 0.15) is 0 Å². The molecular weight excluding hydrogens is 252 g/mol. The molecule has 0 N–H and O–H groups in total. The molecule has 0 aliphatic rings. The number of rotatable bonds is 2. The Labute approximate surface area is 88.8 Å². The van der Waals surface area contributed by atoms with Gasteiger partial charge in [-0.1, -0.05) is 33.1 Å². The molecule has 4 heteroatoms. The lowest BCUT2D eigenvalue weighted by Gasteiger charge is -2.11. The molecule has 72 valence electrons. The predicted octanol–water partition coefficient (Wildman–Crippen LogP) is 2.45. The molecule has 0 aliphatic carbocycles. The zero-order chi connectivity index (χ0) is 10.0. The summed E-state index contributed by atoms with van der Waals surface area (Å²) >= 11 is 1.39. The molecule has 1 aromatic rings. The van der Waals surface area contributed by atoms with Gasteiger partial charge < -0.3 is 4.55 Å². The van der Waals surface area contributed by atoms with Crippen LogP contribution in [0.5, 0.6) is 0 Å². The Bertz CT molecular complexity index is 350. The third-order valence-corrected chi connectivity index (χ3v) is 3.51. The first-order valence-corrected chi connectivity index (χ1v) is 5.86. The maximum absolute atomic E-state index is 10.5. The van der Waals surface area contributed by atoms with Crippen LogP contribution in [0.15, 0.2) is 16.6 Å². The van der Waals surface area contributed by atoms with Gasteiger partial charge in [0.2, 0.25) is 0 Å². The number of hydrogen-bond acceptors (Lipinski definition) is 2. The molecule has 1 aromatic carbocycles. The van der Waals surface area contributed by atoms with E-state index in [1.807, 2.05) is 26.0 Å². The number of hydrogen-bond donors (Lipinski definition) is 0. The van der Waals surface area contributed by atoms with E-state index in [0.29, 0.717) is 0 Å². The van der Waals surface area contributed by atoms with Crippen LogP contribution in [0.3, 0.4) is 0 Å². The minimum absolute atomic E-state index is 0.0972. The van der Waals surface area contributed by atoms with E-state index in [0.717, 1.165) is 21.2 Å². The van der Waals surface area contributed by atoms with Crippen molar-refractivity contribution in [1.29, 1.82) is 0 Å². The molecule has 0 aliphatic heterocycles. The average Bonchev–Trinajstić information content (AvgIpc) is 2.06. The van der Waals surface area contributed by atoms with E-state index in [-0.39, 0.29) is 5.75 Å². The molecular formula is C9H10BrO2S-. The predicted molar refractivity (Wildman–Crippen MR) is 56.2 cm³/mol. The second-order valence-electron chi connectivity index (χ2n) is 2.90. The van der Waals surface area contributed by atoms with Crippen LogP contribution in [0.1, 0.15) is 16.7 Å². The summed E-state index contributed by atoms with van der Waals surface area (Å²) < 4.78 is 22.0. The van der Waals surface area contributed by atoms with Crippen molar-refractivity contribution < 1.29 is 8.76 Å². The third-order valence-electron chi connectivity index (χ3n) is 2.11. The van der Waals surface area contributed by atoms with E-state index >= 15 is 0 Å². The van der Waals surface area contributed by atoms with Crippen LogP contribution in [-0.4, -0.2) is 8.76 Å². The zero-order valence-electron chi connectivity index (χ0n) is 7.46. The van der Waals surface area contributed by atoms with Crippen molar-refractivity contribution in [3.05, 3.63) is 33.3 Å². The second-order valence-corrected chi connectivity index (χ2v) is 4.66. The highest BCUT2D eigenvalue weighted by molar-refractivity contribution is 9.10. The van der Waals surface area contributed by atoms with E-state index < -0.39 is 11.1 Å². The van der Waals surface area contributed by atoms with Crippen LogP contribution in [0.4, 0.5) is 0 Å². The summed E-state index contributed by atoms with van der Waals surface area (Å²) in [5.74, 6) is 0.0972. The van der Waals surface area contributed by atoms with Crippen molar-refractivity contribution in [3.8, 4) is 0 Å². The van der Waals surface area contributed by atoms with Gasteiger partial charge in [-0.3, -0.25) is 4.21 Å². The Kier molecular flexibility index (Phi) is 3.64. The summed E-state index contributed by atoms with van der Waals surface area (Å²) in [6, 6.07) is 3.72. The Morgan fingerprint density at radius 1 is 1.38 bits per heavy atom. The van der Waals surface area contributed by atoms with Gasteiger partial charge in [-0.25, -0.2) is 0 Å². The molecule has 1 unspecified atom stereocenters. The Morgan fingerprint density at radius 2 is 2.00 bits per heavy atom. The topological polar surface area (TPSA) is 40.1 Å². The highest BCUT2D eigenvalue weighted by atomic mass is 79.9. The lowest BCUT2D eigenvalue weighted by Crippen LogP contribution is -1.98. The quantitative estimate of drug-likeness (QED) is 0.768. The average molecular weight is 262 g/mol. The minimum atomic E-state index is -2.01. The summed E-state index contributed by atoms with van der Waals surface area (Å²) in [6.45, 7) is 3.90. The molecule has 1 atom stereocenters. The maximum Gasteiger partial charge on any atom is 0.0355 e. The molecule has 0 radical (unpaired) electrons. The Balaban J connectivity index is 3.10. The monoisotopic (exact) mass is 261 g/mol. The van der Waals surface area contributed by atoms with Crippen molar-refractivity contribution in [1.82, 2.24) is 0 Å². The van der Waals surface area contributed by atoms with Gasteiger partial charge in [0.25, 0.3) is 0 Å². The van der Waals surface area contributed by atoms with Gasteiger partial charge in [-0.2, -0.15) is 0 Å². The molecule has 0 saturated carbocycles. The van der Waals surface area contributed by atoms with E-state index in [4.69, 9.17) is 0 Å². The standard InChI is InChI=1S/C9H11BrO2S/c1-6-7(2)9(10)4-3-8(6)5-13(11)12/h3-4H,5H2,1-2H3,(H,11,12)/p-1. The highest BCUT2D eigenvalue weighted by Crippen LogP contribution is 2.22. The molecule has 13 heavy (non-hydrogen) atoms. The SMILES string of the molecule is Cc1c(Br)ccc(CS(=O)[O-])c1C. The fourth-order valence-electron chi connectivity index (χ4n) is 1.13. The first kappa shape index (κ1) is 10.9. The molecule has 0 heterocycles. The number of benzene rings is 1. The van der Waals surface area contributed by atoms with Crippen molar-refractivity contribution in [2.75, 3.05) is 0 Å². The van der Waals surface area contributed by atoms with Gasteiger partial charge in [0, 0.05) is 10.2 Å². The van der Waals surface area contributed by atoms with E-state index in [1.54, 1.807) is 0 Å². The Morgan fingerprint density at radius 3 is 2.54 bits per heavy atom. The molecule has 0 amide bonds. The Hall–Kier alpha value is -0.190. The third kappa shape index (κ3) is 2.62. The zero-order valence-corrected chi connectivity index (χ0v) is 9.87. The smallest absolute Gasteiger partial charge is 0.0355 e. The van der Waals surface area contributed by atoms with Gasteiger partial charge in [0.05, 0.1) is 0 Å². The summed E-state index contributed by atoms with van der Waals surface area (Å²) in [5, 5.41) is 0. The van der Waals surface area contributed by atoms with Crippen molar-refractivity contribution in [2.45, 2.75) is 19.6 Å². The lowest BCUT2D eigenvalue weighted by molar-refractivity contribution is 0.536. The molecule has 0 spiro atoms. The normalized spacial score (nSPS) is 12.9. The first-order valence-electron chi connectivity index (χ1n) is 3.83. The fourth-order valence-corrected chi connectivity index (χ4v) is 2.12. The maximum atomic E-state index is 10.5. The van der Waals surface area contributed by atoms with Gasteiger partial charge in [-0.15, -0.1) is 0 Å². The van der Waals surface area contributed by atoms with Gasteiger partial charge in [0.15, 0.2) is 0 Å². The van der Waals surface area contributed by atoms with Crippen LogP contribution >= 0.6 is 15.9 Å². The van der Waals surface area contributed by atoms with Crippen LogP contribution in [0.2, 0.25) is 0 Å². The fraction of sp³-hybridized carbons (Fsp3) is 0.333. The van der Waals surface area contributed by atoms with Gasteiger partial charge >= 0.3 is 0 Å². The molecule has 0 bridgehead atoms. The van der Waals surface area contributed by atoms with Gasteiger partial charge in [-0.05, 0) is 36.6 Å². The summed E-state index contributed by atoms with van der Waals surface area (Å²) in [6.07, 6.45) is 0. The number of halogens is 1. The molecule has 2 nitrogen and oxygen atoms in total. The van der Waals surface area contributed by atoms with Crippen molar-refractivity contribution in [3.63, 3.8) is 0 Å². The largest absolute Gasteiger partial charge is 0.772 e. The molecule has 0 fully saturated rings. The van der Waals surface area contributed by atoms with Crippen molar-refractivity contribution in [2.24, 2.45) is 0 Å². The molecule has 1 rings (SSSR count). The van der Waals surface area contributed by atoms with Crippen LogP contribution in [-0.2, 0) is 16.8 Å². The first-order chi connectivity index (χ1) is 6.02. The summed E-state index contributed by atoms with van der Waals surface area (Å²) in [7, 11) is 0. The van der Waals surface area contributed by atoms with E-state index in [1.165, 1.54) is 0 Å². The minimum Gasteiger partial charge on any atom is -0.772 e. The van der Waals surface area contributed by atoms with Crippen LogP contribution in [0, 0.1) is 13.8 Å².